The molecule has 4 aromatic rings. The van der Waals surface area contributed by atoms with E-state index >= 15 is 0 Å². The Labute approximate surface area is 217 Å². The Kier molecular flexibility index (Phi) is 9.55. The fourth-order valence-corrected chi connectivity index (χ4v) is 3.82. The minimum atomic E-state index is -0.954. The number of carboxylic acids is 1. The van der Waals surface area contributed by atoms with Crippen molar-refractivity contribution in [3.8, 4) is 28.5 Å². The predicted octanol–water partition coefficient (Wildman–Crippen LogP) is 4.96. The van der Waals surface area contributed by atoms with Crippen molar-refractivity contribution in [2.45, 2.75) is 19.3 Å². The summed E-state index contributed by atoms with van der Waals surface area (Å²) in [6, 6.07) is 22.0. The smallest absolute Gasteiger partial charge is 0.307 e. The summed E-state index contributed by atoms with van der Waals surface area (Å²) in [5.41, 5.74) is 6.47. The predicted molar refractivity (Wildman–Crippen MR) is 145 cm³/mol. The standard InChI is InChI=1S/C19H21N3.C10H12O5/c1-22(2)17-11-9-16(10-12-17)19-18(20-14-21-19)13-8-15-6-4-3-5-7-15;1-14-7-3-6(5-9(11)12)4-8(15-2)10(7)13/h3-7,9-12,14H,8,13H2,1-2H3,(H,20,21);3-4,13H,5H2,1-2H3,(H,11,12). The first-order valence-corrected chi connectivity index (χ1v) is 11.8. The lowest BCUT2D eigenvalue weighted by Gasteiger charge is -2.12. The number of carbonyl (C=O) groups is 1. The second-order valence-electron chi connectivity index (χ2n) is 8.58. The first-order chi connectivity index (χ1) is 17.8. The Balaban J connectivity index is 0.000000222. The van der Waals surface area contributed by atoms with Crippen molar-refractivity contribution < 1.29 is 24.5 Å². The topological polar surface area (TPSA) is 108 Å². The van der Waals surface area contributed by atoms with Gasteiger partial charge in [0.05, 0.1) is 32.7 Å². The molecule has 0 amide bonds. The lowest BCUT2D eigenvalue weighted by molar-refractivity contribution is -0.136. The van der Waals surface area contributed by atoms with Crippen LogP contribution in [-0.2, 0) is 24.1 Å². The summed E-state index contributed by atoms with van der Waals surface area (Å²) >= 11 is 0. The summed E-state index contributed by atoms with van der Waals surface area (Å²) in [7, 11) is 6.88. The number of imidazole rings is 1. The number of methoxy groups -OCH3 is 2. The molecule has 0 atom stereocenters. The van der Waals surface area contributed by atoms with Gasteiger partial charge < -0.3 is 29.6 Å². The number of rotatable bonds is 9. The minimum absolute atomic E-state index is 0.130. The van der Waals surface area contributed by atoms with Crippen molar-refractivity contribution in [3.05, 3.63) is 89.9 Å². The van der Waals surface area contributed by atoms with Gasteiger partial charge in [0.15, 0.2) is 11.5 Å². The van der Waals surface area contributed by atoms with E-state index in [-0.39, 0.29) is 23.7 Å². The summed E-state index contributed by atoms with van der Waals surface area (Å²) < 4.78 is 9.77. The molecule has 8 heteroatoms. The van der Waals surface area contributed by atoms with Crippen LogP contribution in [0.5, 0.6) is 17.2 Å². The number of hydrogen-bond donors (Lipinski definition) is 3. The van der Waals surface area contributed by atoms with E-state index in [1.165, 1.54) is 43.3 Å². The molecule has 0 radical (unpaired) electrons. The van der Waals surface area contributed by atoms with E-state index in [4.69, 9.17) is 14.6 Å². The number of nitrogens with zero attached hydrogens (tertiary/aromatic N) is 2. The number of nitrogens with one attached hydrogen (secondary N) is 1. The molecule has 0 spiro atoms. The Morgan fingerprint density at radius 2 is 1.54 bits per heavy atom. The van der Waals surface area contributed by atoms with Gasteiger partial charge >= 0.3 is 5.97 Å². The van der Waals surface area contributed by atoms with Crippen LogP contribution in [0.25, 0.3) is 11.3 Å². The summed E-state index contributed by atoms with van der Waals surface area (Å²) in [6.07, 6.45) is 3.63. The van der Waals surface area contributed by atoms with Crippen LogP contribution >= 0.6 is 0 Å². The molecule has 0 aliphatic carbocycles. The number of phenols is 1. The lowest BCUT2D eigenvalue weighted by atomic mass is 10.0. The fourth-order valence-electron chi connectivity index (χ4n) is 3.82. The number of aromatic amines is 1. The molecule has 1 heterocycles. The van der Waals surface area contributed by atoms with Gasteiger partial charge in [0.2, 0.25) is 5.75 Å². The number of aliphatic carboxylic acids is 1. The molecule has 0 fully saturated rings. The molecule has 8 nitrogen and oxygen atoms in total. The van der Waals surface area contributed by atoms with E-state index < -0.39 is 5.97 Å². The highest BCUT2D eigenvalue weighted by Crippen LogP contribution is 2.37. The normalized spacial score (nSPS) is 10.3. The number of benzene rings is 3. The van der Waals surface area contributed by atoms with Crippen molar-refractivity contribution in [2.75, 3.05) is 33.2 Å². The molecule has 1 aromatic heterocycles. The molecule has 0 unspecified atom stereocenters. The summed E-state index contributed by atoms with van der Waals surface area (Å²) in [4.78, 5) is 20.4. The highest BCUT2D eigenvalue weighted by molar-refractivity contribution is 5.71. The molecule has 0 bridgehead atoms. The molecule has 4 rings (SSSR count). The third-order valence-corrected chi connectivity index (χ3v) is 5.78. The maximum atomic E-state index is 10.5. The zero-order valence-electron chi connectivity index (χ0n) is 21.6. The molecule has 0 saturated heterocycles. The quantitative estimate of drug-likeness (QED) is 0.296. The maximum absolute atomic E-state index is 10.5. The second kappa shape index (κ2) is 13.0. The molecule has 3 N–H and O–H groups in total. The Hall–Kier alpha value is -4.46. The first-order valence-electron chi connectivity index (χ1n) is 11.8. The van der Waals surface area contributed by atoms with Gasteiger partial charge in [-0.15, -0.1) is 0 Å². The highest BCUT2D eigenvalue weighted by atomic mass is 16.5. The van der Waals surface area contributed by atoms with E-state index in [1.54, 1.807) is 6.33 Å². The third-order valence-electron chi connectivity index (χ3n) is 5.78. The van der Waals surface area contributed by atoms with Crippen molar-refractivity contribution in [1.82, 2.24) is 9.97 Å². The molecule has 194 valence electrons. The van der Waals surface area contributed by atoms with Crippen LogP contribution in [-0.4, -0.2) is 54.5 Å². The van der Waals surface area contributed by atoms with Crippen LogP contribution in [0.1, 0.15) is 16.8 Å². The summed E-state index contributed by atoms with van der Waals surface area (Å²) in [5.74, 6) is -0.685. The van der Waals surface area contributed by atoms with Gasteiger partial charge in [-0.1, -0.05) is 42.5 Å². The number of carboxylic acid groups (broad SMARTS) is 1. The van der Waals surface area contributed by atoms with Gasteiger partial charge in [0, 0.05) is 31.0 Å². The monoisotopic (exact) mass is 503 g/mol. The SMILES string of the molecule is CN(C)c1ccc(-c2nc[nH]c2CCc2ccccc2)cc1.COc1cc(CC(=O)O)cc(OC)c1O. The third kappa shape index (κ3) is 7.51. The average molecular weight is 504 g/mol. The van der Waals surface area contributed by atoms with Crippen LogP contribution in [0.3, 0.4) is 0 Å². The molecular weight excluding hydrogens is 470 g/mol. The molecule has 0 aliphatic rings. The number of phenolic OH excluding ortho intramolecular Hbond substituents is 1. The molecule has 0 saturated carbocycles. The van der Waals surface area contributed by atoms with Gasteiger partial charge in [-0.25, -0.2) is 4.98 Å². The number of H-pyrrole nitrogens is 1. The highest BCUT2D eigenvalue weighted by Gasteiger charge is 2.12. The number of anilines is 1. The van der Waals surface area contributed by atoms with E-state index in [9.17, 15) is 9.90 Å². The van der Waals surface area contributed by atoms with Crippen molar-refractivity contribution >= 4 is 11.7 Å². The molecule has 3 aromatic carbocycles. The maximum Gasteiger partial charge on any atom is 0.307 e. The zero-order chi connectivity index (χ0) is 26.8. The molecule has 37 heavy (non-hydrogen) atoms. The largest absolute Gasteiger partial charge is 0.502 e. The molecular formula is C29H33N3O5. The number of ether oxygens (including phenoxy) is 2. The number of aryl methyl sites for hydroxylation is 2. The van der Waals surface area contributed by atoms with Gasteiger partial charge in [0.25, 0.3) is 0 Å². The van der Waals surface area contributed by atoms with Crippen molar-refractivity contribution in [3.63, 3.8) is 0 Å². The number of aromatic hydroxyl groups is 1. The minimum Gasteiger partial charge on any atom is -0.502 e. The Morgan fingerprint density at radius 1 is 0.919 bits per heavy atom. The summed E-state index contributed by atoms with van der Waals surface area (Å²) in [6.45, 7) is 0. The van der Waals surface area contributed by atoms with Crippen LogP contribution in [0, 0.1) is 0 Å². The molecule has 0 aliphatic heterocycles. The van der Waals surface area contributed by atoms with Gasteiger partial charge in [0.1, 0.15) is 0 Å². The van der Waals surface area contributed by atoms with E-state index in [0.29, 0.717) is 5.56 Å². The second-order valence-corrected chi connectivity index (χ2v) is 8.58. The lowest BCUT2D eigenvalue weighted by Crippen LogP contribution is -2.07. The average Bonchev–Trinajstić information content (AvgIpc) is 3.38. The van der Waals surface area contributed by atoms with Crippen molar-refractivity contribution in [2.24, 2.45) is 0 Å². The number of aromatic nitrogens is 2. The summed E-state index contributed by atoms with van der Waals surface area (Å²) in [5, 5.41) is 18.2. The van der Waals surface area contributed by atoms with Gasteiger partial charge in [-0.05, 0) is 48.2 Å². The van der Waals surface area contributed by atoms with Gasteiger partial charge in [-0.2, -0.15) is 0 Å². The Bertz CT molecular complexity index is 1260. The number of hydrogen-bond acceptors (Lipinski definition) is 6. The zero-order valence-corrected chi connectivity index (χ0v) is 21.6. The fraction of sp³-hybridized carbons (Fsp3) is 0.241. The van der Waals surface area contributed by atoms with E-state index in [2.05, 4.69) is 83.6 Å². The van der Waals surface area contributed by atoms with Crippen LogP contribution < -0.4 is 14.4 Å². The first kappa shape index (κ1) is 27.1. The van der Waals surface area contributed by atoms with Crippen LogP contribution in [0.2, 0.25) is 0 Å². The van der Waals surface area contributed by atoms with Crippen LogP contribution in [0.15, 0.2) is 73.1 Å². The van der Waals surface area contributed by atoms with Crippen LogP contribution in [0.4, 0.5) is 5.69 Å². The van der Waals surface area contributed by atoms with E-state index in [1.807, 2.05) is 0 Å². The van der Waals surface area contributed by atoms with E-state index in [0.717, 1.165) is 24.1 Å². The Morgan fingerprint density at radius 3 is 2.08 bits per heavy atom. The van der Waals surface area contributed by atoms with Gasteiger partial charge in [-0.3, -0.25) is 4.79 Å². The van der Waals surface area contributed by atoms with Crippen molar-refractivity contribution in [1.29, 1.82) is 0 Å².